The van der Waals surface area contributed by atoms with Crippen molar-refractivity contribution in [2.45, 2.75) is 45.1 Å². The molecular weight excluding hydrogens is 439 g/mol. The average Bonchev–Trinajstić information content (AvgIpc) is 2.75. The van der Waals surface area contributed by atoms with Gasteiger partial charge >= 0.3 is 0 Å². The van der Waals surface area contributed by atoms with Crippen LogP contribution in [0.5, 0.6) is 0 Å². The lowest BCUT2D eigenvalue weighted by molar-refractivity contribution is 0.146. The number of hydrogen-bond donors (Lipinski definition) is 1. The van der Waals surface area contributed by atoms with Gasteiger partial charge in [-0.1, -0.05) is 35.9 Å². The monoisotopic (exact) mass is 459 g/mol. The largest absolute Gasteiger partial charge is 0.359 e. The van der Waals surface area contributed by atoms with Gasteiger partial charge in [0.05, 0.1) is 23.1 Å². The Bertz CT molecular complexity index is 1180. The average molecular weight is 460 g/mol. The Hall–Kier alpha value is -3.18. The van der Waals surface area contributed by atoms with Crippen molar-refractivity contribution in [3.8, 4) is 6.07 Å². The number of nitrogens with one attached hydrogen (secondary N) is 1. The molecule has 2 aromatic heterocycles. The van der Waals surface area contributed by atoms with Crippen LogP contribution in [-0.2, 0) is 6.42 Å². The molecule has 1 aromatic carbocycles. The minimum atomic E-state index is -2.93. The molecule has 0 spiro atoms. The summed E-state index contributed by atoms with van der Waals surface area (Å²) < 4.78 is 41.0. The van der Waals surface area contributed by atoms with Gasteiger partial charge in [0.15, 0.2) is 5.65 Å². The highest BCUT2D eigenvalue weighted by Gasteiger charge is 2.21. The first kappa shape index (κ1) is 23.5. The van der Waals surface area contributed by atoms with Crippen LogP contribution in [0.1, 0.15) is 54.2 Å². The number of anilines is 1. The van der Waals surface area contributed by atoms with E-state index < -0.39 is 23.8 Å². The third-order valence-electron chi connectivity index (χ3n) is 4.97. The lowest BCUT2D eigenvalue weighted by atomic mass is 10.0. The highest BCUT2D eigenvalue weighted by molar-refractivity contribution is 6.30. The normalized spacial score (nSPS) is 12.0. The second-order valence-corrected chi connectivity index (χ2v) is 7.56. The Morgan fingerprint density at radius 2 is 1.97 bits per heavy atom. The summed E-state index contributed by atoms with van der Waals surface area (Å²) in [5.74, 6) is -0.217. The van der Waals surface area contributed by atoms with E-state index in [1.54, 1.807) is 6.92 Å². The molecule has 0 radical (unpaired) electrons. The van der Waals surface area contributed by atoms with Gasteiger partial charge in [-0.15, -0.1) is 6.58 Å². The van der Waals surface area contributed by atoms with Gasteiger partial charge in [-0.05, 0) is 37.8 Å². The summed E-state index contributed by atoms with van der Waals surface area (Å²) in [6, 6.07) is 6.95. The van der Waals surface area contributed by atoms with Gasteiger partial charge in [0.1, 0.15) is 22.6 Å². The smallest absolute Gasteiger partial charge is 0.266 e. The quantitative estimate of drug-likeness (QED) is 0.220. The molecular formula is C23H21ClF3N5. The fraction of sp³-hybridized carbons (Fsp3) is 0.304. The third-order valence-corrected chi connectivity index (χ3v) is 5.29. The van der Waals surface area contributed by atoms with Crippen LogP contribution >= 0.6 is 11.6 Å². The number of alkyl halides is 2. The molecule has 0 bridgehead atoms. The fourth-order valence-corrected chi connectivity index (χ4v) is 3.61. The zero-order valence-electron chi connectivity index (χ0n) is 17.4. The molecule has 0 saturated carbocycles. The van der Waals surface area contributed by atoms with E-state index in [-0.39, 0.29) is 5.56 Å². The van der Waals surface area contributed by atoms with Gasteiger partial charge in [0.2, 0.25) is 0 Å². The van der Waals surface area contributed by atoms with Crippen molar-refractivity contribution in [2.75, 3.05) is 5.32 Å². The predicted molar refractivity (Wildman–Crippen MR) is 118 cm³/mol. The molecule has 1 atom stereocenters. The van der Waals surface area contributed by atoms with E-state index in [0.717, 1.165) is 24.5 Å². The lowest BCUT2D eigenvalue weighted by Gasteiger charge is -2.19. The maximum Gasteiger partial charge on any atom is 0.266 e. The number of hydrogen-bond acceptors (Lipinski definition) is 5. The molecule has 166 valence electrons. The Labute approximate surface area is 189 Å². The summed E-state index contributed by atoms with van der Waals surface area (Å²) in [6.07, 6.45) is 1.06. The van der Waals surface area contributed by atoms with Crippen molar-refractivity contribution < 1.29 is 13.2 Å². The number of benzene rings is 1. The Kier molecular flexibility index (Phi) is 7.65. The van der Waals surface area contributed by atoms with Crippen molar-refractivity contribution in [1.82, 2.24) is 15.0 Å². The molecule has 9 heteroatoms. The van der Waals surface area contributed by atoms with Crippen LogP contribution in [0.3, 0.4) is 0 Å². The van der Waals surface area contributed by atoms with Crippen molar-refractivity contribution in [2.24, 2.45) is 0 Å². The highest BCUT2D eigenvalue weighted by atomic mass is 35.5. The van der Waals surface area contributed by atoms with E-state index in [9.17, 15) is 13.2 Å². The number of fused-ring (bicyclic) bond motifs is 1. The standard InChI is InChI=1S/C23H21ClF3N5/c1-3-18(15-9-7-10-16(19(15)25)21(26)27)31-22-17-12-14(8-5-4-6-11-28)20(24)32-23(17)30-13(2)29-22/h3,7,9-10,12,18,21H,1,4-6,8H2,2H3,(H,29,30,31,32)/t18-/m1/s1. The minimum Gasteiger partial charge on any atom is -0.359 e. The number of unbranched alkanes of at least 4 members (excludes halogenated alkanes) is 2. The fourth-order valence-electron chi connectivity index (χ4n) is 3.38. The molecule has 0 fully saturated rings. The molecule has 1 N–H and O–H groups in total. The minimum absolute atomic E-state index is 0.0286. The zero-order chi connectivity index (χ0) is 23.3. The Balaban J connectivity index is 2.01. The van der Waals surface area contributed by atoms with E-state index in [4.69, 9.17) is 16.9 Å². The molecule has 2 heterocycles. The van der Waals surface area contributed by atoms with Crippen molar-refractivity contribution in [3.05, 3.63) is 70.4 Å². The van der Waals surface area contributed by atoms with Crippen LogP contribution in [0.25, 0.3) is 11.0 Å². The molecule has 32 heavy (non-hydrogen) atoms. The number of halogens is 4. The van der Waals surface area contributed by atoms with Gasteiger partial charge in [0.25, 0.3) is 6.43 Å². The van der Waals surface area contributed by atoms with E-state index in [1.807, 2.05) is 6.07 Å². The second kappa shape index (κ2) is 10.4. The van der Waals surface area contributed by atoms with Crippen LogP contribution in [0.15, 0.2) is 36.9 Å². The summed E-state index contributed by atoms with van der Waals surface area (Å²) in [7, 11) is 0. The second-order valence-electron chi connectivity index (χ2n) is 7.20. The van der Waals surface area contributed by atoms with E-state index in [1.165, 1.54) is 18.2 Å². The van der Waals surface area contributed by atoms with Crippen LogP contribution in [0.4, 0.5) is 19.0 Å². The van der Waals surface area contributed by atoms with Gasteiger partial charge in [-0.2, -0.15) is 5.26 Å². The molecule has 3 rings (SSSR count). The van der Waals surface area contributed by atoms with Crippen LogP contribution in [-0.4, -0.2) is 15.0 Å². The topological polar surface area (TPSA) is 74.5 Å². The van der Waals surface area contributed by atoms with Crippen molar-refractivity contribution >= 4 is 28.5 Å². The first-order valence-corrected chi connectivity index (χ1v) is 10.4. The third kappa shape index (κ3) is 5.17. The van der Waals surface area contributed by atoms with Crippen LogP contribution < -0.4 is 5.32 Å². The Morgan fingerprint density at radius 1 is 1.22 bits per heavy atom. The first-order chi connectivity index (χ1) is 15.3. The number of nitriles is 1. The number of aryl methyl sites for hydroxylation is 2. The summed E-state index contributed by atoms with van der Waals surface area (Å²) in [4.78, 5) is 13.1. The zero-order valence-corrected chi connectivity index (χ0v) is 18.1. The maximum absolute atomic E-state index is 14.7. The molecule has 0 unspecified atom stereocenters. The highest BCUT2D eigenvalue weighted by Crippen LogP contribution is 2.32. The predicted octanol–water partition coefficient (Wildman–Crippen LogP) is 6.64. The molecule has 0 aliphatic rings. The maximum atomic E-state index is 14.7. The lowest BCUT2D eigenvalue weighted by Crippen LogP contribution is -2.13. The van der Waals surface area contributed by atoms with Crippen LogP contribution in [0, 0.1) is 24.1 Å². The molecule has 0 aliphatic carbocycles. The summed E-state index contributed by atoms with van der Waals surface area (Å²) in [5.41, 5.74) is 0.484. The number of aromatic nitrogens is 3. The number of nitrogens with zero attached hydrogens (tertiary/aromatic N) is 4. The SMILES string of the molecule is C=C[C@@H](Nc1nc(C)nc2nc(Cl)c(CCCCC#N)cc12)c1cccc(C(F)F)c1F. The molecule has 0 aliphatic heterocycles. The molecule has 3 aromatic rings. The molecule has 0 amide bonds. The summed E-state index contributed by atoms with van der Waals surface area (Å²) in [6.45, 7) is 5.40. The molecule has 0 saturated heterocycles. The summed E-state index contributed by atoms with van der Waals surface area (Å²) in [5, 5.41) is 12.7. The number of pyridine rings is 1. The van der Waals surface area contributed by atoms with Crippen LogP contribution in [0.2, 0.25) is 5.15 Å². The van der Waals surface area contributed by atoms with Gasteiger partial charge in [-0.3, -0.25) is 0 Å². The van der Waals surface area contributed by atoms with E-state index in [2.05, 4.69) is 32.9 Å². The van der Waals surface area contributed by atoms with Gasteiger partial charge < -0.3 is 5.32 Å². The van der Waals surface area contributed by atoms with Crippen molar-refractivity contribution in [3.63, 3.8) is 0 Å². The van der Waals surface area contributed by atoms with Crippen molar-refractivity contribution in [1.29, 1.82) is 5.26 Å². The van der Waals surface area contributed by atoms with E-state index >= 15 is 0 Å². The Morgan fingerprint density at radius 3 is 2.66 bits per heavy atom. The van der Waals surface area contributed by atoms with Gasteiger partial charge in [0, 0.05) is 12.0 Å². The number of rotatable bonds is 9. The van der Waals surface area contributed by atoms with Gasteiger partial charge in [-0.25, -0.2) is 28.1 Å². The van der Waals surface area contributed by atoms with E-state index in [0.29, 0.717) is 40.7 Å². The molecule has 5 nitrogen and oxygen atoms in total. The summed E-state index contributed by atoms with van der Waals surface area (Å²) >= 11 is 6.32. The first-order valence-electron chi connectivity index (χ1n) is 10.0.